The predicted octanol–water partition coefficient (Wildman–Crippen LogP) is 0.969. The monoisotopic (exact) mass is 232 g/mol. The van der Waals surface area contributed by atoms with Crippen LogP contribution in [0.15, 0.2) is 0 Å². The van der Waals surface area contributed by atoms with Crippen LogP contribution in [0.4, 0.5) is 0 Å². The molecule has 0 aliphatic heterocycles. The van der Waals surface area contributed by atoms with E-state index in [0.717, 1.165) is 32.8 Å². The highest BCUT2D eigenvalue weighted by Crippen LogP contribution is 2.00. The Morgan fingerprint density at radius 2 is 1.69 bits per heavy atom. The molecule has 4 nitrogen and oxygen atoms in total. The zero-order valence-electron chi connectivity index (χ0n) is 11.3. The van der Waals surface area contributed by atoms with Crippen molar-refractivity contribution in [3.63, 3.8) is 0 Å². The van der Waals surface area contributed by atoms with Crippen molar-refractivity contribution >= 4 is 0 Å². The molecule has 0 saturated heterocycles. The summed E-state index contributed by atoms with van der Waals surface area (Å²) >= 11 is 0. The molecule has 98 valence electrons. The van der Waals surface area contributed by atoms with Gasteiger partial charge >= 0.3 is 0 Å². The summed E-state index contributed by atoms with van der Waals surface area (Å²) in [7, 11) is 5.53. The quantitative estimate of drug-likeness (QED) is 0.575. The maximum Gasteiger partial charge on any atom is 0.0589 e. The third-order valence-corrected chi connectivity index (χ3v) is 2.75. The van der Waals surface area contributed by atoms with E-state index in [0.29, 0.717) is 6.04 Å². The van der Waals surface area contributed by atoms with Gasteiger partial charge < -0.3 is 14.8 Å². The largest absolute Gasteiger partial charge is 0.383 e. The summed E-state index contributed by atoms with van der Waals surface area (Å²) in [6.07, 6.45) is 2.43. The summed E-state index contributed by atoms with van der Waals surface area (Å²) in [6.45, 7) is 6.80. The zero-order valence-corrected chi connectivity index (χ0v) is 11.3. The van der Waals surface area contributed by atoms with Gasteiger partial charge in [0.15, 0.2) is 0 Å². The maximum atomic E-state index is 5.12. The lowest BCUT2D eigenvalue weighted by Crippen LogP contribution is -2.42. The van der Waals surface area contributed by atoms with Gasteiger partial charge in [-0.1, -0.05) is 13.3 Å². The first kappa shape index (κ1) is 15.8. The van der Waals surface area contributed by atoms with Gasteiger partial charge in [-0.3, -0.25) is 4.90 Å². The van der Waals surface area contributed by atoms with Crippen LogP contribution in [0, 0.1) is 0 Å². The highest BCUT2D eigenvalue weighted by atomic mass is 16.5. The predicted molar refractivity (Wildman–Crippen MR) is 67.9 cm³/mol. The third-order valence-electron chi connectivity index (χ3n) is 2.75. The Labute approximate surface area is 100 Å². The molecular weight excluding hydrogens is 204 g/mol. The van der Waals surface area contributed by atoms with Gasteiger partial charge in [0.05, 0.1) is 13.2 Å². The van der Waals surface area contributed by atoms with E-state index in [1.54, 1.807) is 14.2 Å². The van der Waals surface area contributed by atoms with E-state index in [9.17, 15) is 0 Å². The highest BCUT2D eigenvalue weighted by Gasteiger charge is 2.11. The molecule has 0 fully saturated rings. The van der Waals surface area contributed by atoms with Crippen molar-refractivity contribution in [2.75, 3.05) is 54.1 Å². The molecule has 0 amide bonds. The molecule has 0 bridgehead atoms. The van der Waals surface area contributed by atoms with Crippen LogP contribution in [-0.2, 0) is 9.47 Å². The smallest absolute Gasteiger partial charge is 0.0589 e. The standard InChI is InChI=1S/C12H28N2O2/c1-5-6-12(13-2)11-14(7-9-15-3)8-10-16-4/h12-13H,5-11H2,1-4H3. The molecule has 0 radical (unpaired) electrons. The molecule has 1 unspecified atom stereocenters. The van der Waals surface area contributed by atoms with Crippen LogP contribution in [0.1, 0.15) is 19.8 Å². The second-order valence-electron chi connectivity index (χ2n) is 4.06. The van der Waals surface area contributed by atoms with Crippen molar-refractivity contribution in [2.45, 2.75) is 25.8 Å². The minimum Gasteiger partial charge on any atom is -0.383 e. The summed E-state index contributed by atoms with van der Waals surface area (Å²) in [5, 5.41) is 3.36. The van der Waals surface area contributed by atoms with Gasteiger partial charge in [0.25, 0.3) is 0 Å². The Morgan fingerprint density at radius 1 is 1.12 bits per heavy atom. The van der Waals surface area contributed by atoms with Crippen LogP contribution < -0.4 is 5.32 Å². The molecule has 4 heteroatoms. The number of hydrogen-bond donors (Lipinski definition) is 1. The van der Waals surface area contributed by atoms with Gasteiger partial charge in [-0.25, -0.2) is 0 Å². The molecular formula is C12H28N2O2. The van der Waals surface area contributed by atoms with Crippen LogP contribution in [0.3, 0.4) is 0 Å². The molecule has 0 saturated carbocycles. The number of likely N-dealkylation sites (N-methyl/N-ethyl adjacent to an activating group) is 1. The van der Waals surface area contributed by atoms with Crippen LogP contribution in [0.25, 0.3) is 0 Å². The third kappa shape index (κ3) is 8.05. The molecule has 0 aliphatic rings. The molecule has 0 spiro atoms. The Balaban J connectivity index is 3.94. The summed E-state index contributed by atoms with van der Waals surface area (Å²) in [5.74, 6) is 0. The Morgan fingerprint density at radius 3 is 2.06 bits per heavy atom. The average Bonchev–Trinajstić information content (AvgIpc) is 2.31. The summed E-state index contributed by atoms with van der Waals surface area (Å²) in [6, 6.07) is 0.568. The van der Waals surface area contributed by atoms with E-state index in [-0.39, 0.29) is 0 Å². The van der Waals surface area contributed by atoms with E-state index in [1.165, 1.54) is 12.8 Å². The summed E-state index contributed by atoms with van der Waals surface area (Å²) in [4.78, 5) is 2.39. The van der Waals surface area contributed by atoms with Gasteiger partial charge in [-0.15, -0.1) is 0 Å². The van der Waals surface area contributed by atoms with Crippen molar-refractivity contribution < 1.29 is 9.47 Å². The lowest BCUT2D eigenvalue weighted by Gasteiger charge is -2.26. The average molecular weight is 232 g/mol. The van der Waals surface area contributed by atoms with Crippen molar-refractivity contribution in [2.24, 2.45) is 0 Å². The number of methoxy groups -OCH3 is 2. The molecule has 16 heavy (non-hydrogen) atoms. The number of rotatable bonds is 11. The van der Waals surface area contributed by atoms with Crippen LogP contribution in [0.2, 0.25) is 0 Å². The Bertz CT molecular complexity index is 137. The lowest BCUT2D eigenvalue weighted by molar-refractivity contribution is 0.107. The van der Waals surface area contributed by atoms with Gasteiger partial charge in [-0.2, -0.15) is 0 Å². The normalized spacial score (nSPS) is 13.3. The van der Waals surface area contributed by atoms with E-state index in [1.807, 2.05) is 7.05 Å². The minimum atomic E-state index is 0.568. The molecule has 0 aromatic carbocycles. The fourth-order valence-electron chi connectivity index (χ4n) is 1.72. The molecule has 1 atom stereocenters. The van der Waals surface area contributed by atoms with Crippen LogP contribution >= 0.6 is 0 Å². The van der Waals surface area contributed by atoms with Crippen molar-refractivity contribution in [1.82, 2.24) is 10.2 Å². The molecule has 0 aromatic rings. The maximum absolute atomic E-state index is 5.12. The first-order chi connectivity index (χ1) is 7.78. The number of ether oxygens (including phenoxy) is 2. The van der Waals surface area contributed by atoms with Crippen LogP contribution in [0.5, 0.6) is 0 Å². The molecule has 0 rings (SSSR count). The summed E-state index contributed by atoms with van der Waals surface area (Å²) < 4.78 is 10.2. The number of nitrogens with zero attached hydrogens (tertiary/aromatic N) is 1. The molecule has 0 heterocycles. The van der Waals surface area contributed by atoms with Gasteiger partial charge in [-0.05, 0) is 13.5 Å². The van der Waals surface area contributed by atoms with E-state index in [2.05, 4.69) is 17.1 Å². The Kier molecular flexibility index (Phi) is 11.2. The summed E-state index contributed by atoms with van der Waals surface area (Å²) in [5.41, 5.74) is 0. The highest BCUT2D eigenvalue weighted by molar-refractivity contribution is 4.70. The Hall–Kier alpha value is -0.160. The van der Waals surface area contributed by atoms with E-state index < -0.39 is 0 Å². The molecule has 0 aliphatic carbocycles. The zero-order chi connectivity index (χ0) is 12.2. The van der Waals surface area contributed by atoms with Crippen molar-refractivity contribution in [3.05, 3.63) is 0 Å². The second kappa shape index (κ2) is 11.3. The van der Waals surface area contributed by atoms with Gasteiger partial charge in [0.2, 0.25) is 0 Å². The van der Waals surface area contributed by atoms with Crippen molar-refractivity contribution in [1.29, 1.82) is 0 Å². The molecule has 1 N–H and O–H groups in total. The fourth-order valence-corrected chi connectivity index (χ4v) is 1.72. The van der Waals surface area contributed by atoms with Gasteiger partial charge in [0, 0.05) is 39.9 Å². The fraction of sp³-hybridized carbons (Fsp3) is 1.00. The number of nitrogens with one attached hydrogen (secondary N) is 1. The van der Waals surface area contributed by atoms with Gasteiger partial charge in [0.1, 0.15) is 0 Å². The first-order valence-corrected chi connectivity index (χ1v) is 6.15. The molecule has 0 aromatic heterocycles. The van der Waals surface area contributed by atoms with E-state index >= 15 is 0 Å². The van der Waals surface area contributed by atoms with Crippen LogP contribution in [-0.4, -0.2) is 65.1 Å². The topological polar surface area (TPSA) is 33.7 Å². The van der Waals surface area contributed by atoms with E-state index in [4.69, 9.17) is 9.47 Å². The lowest BCUT2D eigenvalue weighted by atomic mass is 10.1. The second-order valence-corrected chi connectivity index (χ2v) is 4.06. The van der Waals surface area contributed by atoms with Crippen molar-refractivity contribution in [3.8, 4) is 0 Å². The minimum absolute atomic E-state index is 0.568. The number of hydrogen-bond acceptors (Lipinski definition) is 4. The SMILES string of the molecule is CCCC(CN(CCOC)CCOC)NC. The first-order valence-electron chi connectivity index (χ1n) is 6.15.